The molecular weight excluding hydrogens is 458 g/mol. The minimum Gasteiger partial charge on any atom is -0.493 e. The van der Waals surface area contributed by atoms with Gasteiger partial charge in [-0.2, -0.15) is 0 Å². The van der Waals surface area contributed by atoms with Gasteiger partial charge in [-0.15, -0.1) is 0 Å². The maximum absolute atomic E-state index is 12.8. The van der Waals surface area contributed by atoms with Gasteiger partial charge in [-0.25, -0.2) is 0 Å². The lowest BCUT2D eigenvalue weighted by Crippen LogP contribution is -2.58. The number of pyridine rings is 1. The fourth-order valence-corrected chi connectivity index (χ4v) is 4.20. The highest BCUT2D eigenvalue weighted by Gasteiger charge is 2.45. The molecule has 0 spiro atoms. The number of hydrogen-bond acceptors (Lipinski definition) is 6. The molecular formula is C28H31N3O5. The zero-order valence-corrected chi connectivity index (χ0v) is 20.7. The summed E-state index contributed by atoms with van der Waals surface area (Å²) < 4.78 is 5.77. The van der Waals surface area contributed by atoms with Crippen molar-refractivity contribution in [3.8, 4) is 16.9 Å². The molecule has 8 nitrogen and oxygen atoms in total. The first-order valence-electron chi connectivity index (χ1n) is 11.9. The number of amides is 2. The van der Waals surface area contributed by atoms with Crippen LogP contribution in [0.3, 0.4) is 0 Å². The van der Waals surface area contributed by atoms with E-state index in [2.05, 4.69) is 10.3 Å². The largest absolute Gasteiger partial charge is 0.493 e. The molecule has 2 heterocycles. The Balaban J connectivity index is 1.37. The number of aliphatic hydroxyl groups excluding tert-OH is 1. The van der Waals surface area contributed by atoms with Crippen molar-refractivity contribution in [3.63, 3.8) is 0 Å². The van der Waals surface area contributed by atoms with Crippen molar-refractivity contribution in [2.75, 3.05) is 6.61 Å². The molecule has 3 N–H and O–H groups in total. The number of rotatable bonds is 8. The van der Waals surface area contributed by atoms with Crippen molar-refractivity contribution >= 4 is 11.8 Å². The van der Waals surface area contributed by atoms with E-state index in [0.29, 0.717) is 6.61 Å². The van der Waals surface area contributed by atoms with Crippen molar-refractivity contribution in [2.45, 2.75) is 52.1 Å². The molecule has 2 aromatic carbocycles. The highest BCUT2D eigenvalue weighted by molar-refractivity contribution is 5.94. The molecule has 1 aromatic heterocycles. The smallest absolute Gasteiger partial charge is 0.255 e. The molecule has 0 saturated heterocycles. The number of nitrogens with one attached hydrogen (secondary N) is 1. The predicted octanol–water partition coefficient (Wildman–Crippen LogP) is 2.73. The first kappa shape index (κ1) is 25.3. The van der Waals surface area contributed by atoms with Crippen molar-refractivity contribution in [1.29, 1.82) is 0 Å². The maximum Gasteiger partial charge on any atom is 0.255 e. The standard InChI is InChI=1S/C28H31N3O5/c1-4-36-24-14-18(2)7-12-22(24)20-10-8-19(9-11-20)15-30-27(34)28(3,35)25(32)26(33)31-16-21-6-5-13-29-23(21)17-31/h5-14,25,32,35H,4,15-17H2,1-3H3,(H,30,34)/t25-,28+/m0/s1. The predicted molar refractivity (Wildman–Crippen MR) is 135 cm³/mol. The van der Waals surface area contributed by atoms with Gasteiger partial charge in [0.15, 0.2) is 11.7 Å². The lowest BCUT2D eigenvalue weighted by molar-refractivity contribution is -0.166. The number of carbonyl (C=O) groups is 2. The molecule has 1 aliphatic heterocycles. The van der Waals surface area contributed by atoms with E-state index in [-0.39, 0.29) is 19.6 Å². The van der Waals surface area contributed by atoms with Gasteiger partial charge in [-0.3, -0.25) is 14.6 Å². The quantitative estimate of drug-likeness (QED) is 0.449. The number of carbonyl (C=O) groups excluding carboxylic acids is 2. The fraction of sp³-hybridized carbons (Fsp3) is 0.321. The number of aliphatic hydroxyl groups is 2. The van der Waals surface area contributed by atoms with Gasteiger partial charge < -0.3 is 25.2 Å². The van der Waals surface area contributed by atoms with E-state index in [9.17, 15) is 19.8 Å². The average Bonchev–Trinajstić information content (AvgIpc) is 3.31. The Labute approximate surface area is 210 Å². The van der Waals surface area contributed by atoms with Crippen LogP contribution in [-0.2, 0) is 29.2 Å². The van der Waals surface area contributed by atoms with E-state index >= 15 is 0 Å². The van der Waals surface area contributed by atoms with Gasteiger partial charge in [0.25, 0.3) is 11.8 Å². The van der Waals surface area contributed by atoms with Crippen LogP contribution >= 0.6 is 0 Å². The van der Waals surface area contributed by atoms with Gasteiger partial charge in [-0.1, -0.05) is 42.5 Å². The summed E-state index contributed by atoms with van der Waals surface area (Å²) in [5, 5.41) is 23.9. The minimum atomic E-state index is -2.30. The third kappa shape index (κ3) is 5.24. The van der Waals surface area contributed by atoms with Crippen molar-refractivity contribution in [2.24, 2.45) is 0 Å². The van der Waals surface area contributed by atoms with Crippen molar-refractivity contribution in [3.05, 3.63) is 83.2 Å². The molecule has 0 fully saturated rings. The summed E-state index contributed by atoms with van der Waals surface area (Å²) in [6.07, 6.45) is -0.273. The molecule has 0 radical (unpaired) electrons. The summed E-state index contributed by atoms with van der Waals surface area (Å²) in [4.78, 5) is 31.1. The van der Waals surface area contributed by atoms with Crippen LogP contribution in [0.2, 0.25) is 0 Å². The summed E-state index contributed by atoms with van der Waals surface area (Å²) in [6, 6.07) is 17.3. The Morgan fingerprint density at radius 2 is 1.92 bits per heavy atom. The number of hydrogen-bond donors (Lipinski definition) is 3. The number of fused-ring (bicyclic) bond motifs is 1. The number of ether oxygens (including phenoxy) is 1. The Morgan fingerprint density at radius 3 is 2.61 bits per heavy atom. The maximum atomic E-state index is 12.8. The molecule has 188 valence electrons. The molecule has 2 atom stereocenters. The molecule has 0 bridgehead atoms. The van der Waals surface area contributed by atoms with Gasteiger partial charge in [0.05, 0.1) is 18.8 Å². The highest BCUT2D eigenvalue weighted by Crippen LogP contribution is 2.31. The van der Waals surface area contributed by atoms with E-state index < -0.39 is 23.5 Å². The van der Waals surface area contributed by atoms with Crippen molar-refractivity contribution < 1.29 is 24.5 Å². The number of nitrogens with zero attached hydrogens (tertiary/aromatic N) is 2. The Bertz CT molecular complexity index is 1230. The van der Waals surface area contributed by atoms with Crippen LogP contribution in [0, 0.1) is 6.92 Å². The Hall–Kier alpha value is -3.75. The molecule has 2 amide bonds. The summed E-state index contributed by atoms with van der Waals surface area (Å²) in [6.45, 7) is 6.29. The monoisotopic (exact) mass is 489 g/mol. The zero-order valence-electron chi connectivity index (χ0n) is 20.7. The second-order valence-electron chi connectivity index (χ2n) is 9.17. The van der Waals surface area contributed by atoms with Crippen LogP contribution in [0.1, 0.15) is 36.2 Å². The van der Waals surface area contributed by atoms with Crippen LogP contribution in [0.5, 0.6) is 5.75 Å². The molecule has 0 aliphatic carbocycles. The van der Waals surface area contributed by atoms with Gasteiger partial charge in [-0.05, 0) is 55.2 Å². The number of aromatic nitrogens is 1. The van der Waals surface area contributed by atoms with Crippen molar-refractivity contribution in [1.82, 2.24) is 15.2 Å². The second kappa shape index (κ2) is 10.5. The summed E-state index contributed by atoms with van der Waals surface area (Å²) in [7, 11) is 0. The third-order valence-corrected chi connectivity index (χ3v) is 6.38. The Kier molecular flexibility index (Phi) is 7.37. The topological polar surface area (TPSA) is 112 Å². The van der Waals surface area contributed by atoms with E-state index in [4.69, 9.17) is 4.74 Å². The first-order valence-corrected chi connectivity index (χ1v) is 11.9. The molecule has 8 heteroatoms. The second-order valence-corrected chi connectivity index (χ2v) is 9.17. The molecule has 0 saturated carbocycles. The first-order chi connectivity index (χ1) is 17.2. The van der Waals surface area contributed by atoms with Crippen LogP contribution in [0.15, 0.2) is 60.8 Å². The van der Waals surface area contributed by atoms with E-state index in [1.807, 2.05) is 62.4 Å². The summed E-state index contributed by atoms with van der Waals surface area (Å²) >= 11 is 0. The average molecular weight is 490 g/mol. The van der Waals surface area contributed by atoms with Gasteiger partial charge in [0.1, 0.15) is 5.75 Å². The highest BCUT2D eigenvalue weighted by atomic mass is 16.5. The van der Waals surface area contributed by atoms with Gasteiger partial charge in [0.2, 0.25) is 0 Å². The van der Waals surface area contributed by atoms with Crippen LogP contribution < -0.4 is 10.1 Å². The van der Waals surface area contributed by atoms with Gasteiger partial charge >= 0.3 is 0 Å². The molecule has 3 aromatic rings. The number of benzene rings is 2. The van der Waals surface area contributed by atoms with E-state index in [0.717, 1.165) is 46.2 Å². The third-order valence-electron chi connectivity index (χ3n) is 6.38. The normalized spacial score (nSPS) is 15.1. The zero-order chi connectivity index (χ0) is 25.9. The summed E-state index contributed by atoms with van der Waals surface area (Å²) in [5.74, 6) is -0.745. The Morgan fingerprint density at radius 1 is 1.17 bits per heavy atom. The lowest BCUT2D eigenvalue weighted by atomic mass is 9.96. The minimum absolute atomic E-state index is 0.126. The molecule has 1 aliphatic rings. The molecule has 0 unspecified atom stereocenters. The van der Waals surface area contributed by atoms with Crippen LogP contribution in [0.4, 0.5) is 0 Å². The van der Waals surface area contributed by atoms with E-state index in [1.54, 1.807) is 12.3 Å². The van der Waals surface area contributed by atoms with Crippen LogP contribution in [0.25, 0.3) is 11.1 Å². The van der Waals surface area contributed by atoms with Gasteiger partial charge in [0, 0.05) is 24.8 Å². The van der Waals surface area contributed by atoms with Crippen LogP contribution in [-0.4, -0.2) is 50.2 Å². The summed E-state index contributed by atoms with van der Waals surface area (Å²) in [5.41, 5.74) is 3.18. The molecule has 4 rings (SSSR count). The van der Waals surface area contributed by atoms with E-state index in [1.165, 1.54) is 4.90 Å². The lowest BCUT2D eigenvalue weighted by Gasteiger charge is -2.29. The SMILES string of the molecule is CCOc1cc(C)ccc1-c1ccc(CNC(=O)[C@](C)(O)[C@@H](O)C(=O)N2Cc3cccnc3C2)cc1. The molecule has 36 heavy (non-hydrogen) atoms. The fourth-order valence-electron chi connectivity index (χ4n) is 4.20. The number of aryl methyl sites for hydroxylation is 1.